The van der Waals surface area contributed by atoms with Gasteiger partial charge in [0.25, 0.3) is 5.91 Å². The van der Waals surface area contributed by atoms with Crippen molar-refractivity contribution >= 4 is 17.2 Å². The van der Waals surface area contributed by atoms with Crippen molar-refractivity contribution in [3.63, 3.8) is 0 Å². The van der Waals surface area contributed by atoms with E-state index in [0.717, 1.165) is 57.5 Å². The number of ether oxygens (including phenoxy) is 1. The molecule has 0 radical (unpaired) electrons. The van der Waals surface area contributed by atoms with E-state index in [4.69, 9.17) is 4.74 Å². The molecule has 1 unspecified atom stereocenters. The number of aromatic nitrogens is 1. The van der Waals surface area contributed by atoms with Crippen molar-refractivity contribution < 1.29 is 14.6 Å². The lowest BCUT2D eigenvalue weighted by Crippen LogP contribution is -2.48. The van der Waals surface area contributed by atoms with Gasteiger partial charge in [-0.2, -0.15) is 0 Å². The van der Waals surface area contributed by atoms with E-state index in [2.05, 4.69) is 28.2 Å². The molecule has 174 valence electrons. The zero-order valence-corrected chi connectivity index (χ0v) is 20.3. The lowest BCUT2D eigenvalue weighted by Gasteiger charge is -2.44. The SMILES string of the molecule is CCc1cc2c(s1)CCOC21CCN(Cc2ccc(C(=O)NC(C)(CC)CO)nc2)CC1. The normalized spacial score (nSPS) is 20.0. The highest BCUT2D eigenvalue weighted by Gasteiger charge is 2.41. The minimum absolute atomic E-state index is 0.0971. The summed E-state index contributed by atoms with van der Waals surface area (Å²) in [6.45, 7) is 9.54. The summed E-state index contributed by atoms with van der Waals surface area (Å²) >= 11 is 1.97. The third-order valence-corrected chi connectivity index (χ3v) is 8.42. The Labute approximate surface area is 195 Å². The van der Waals surface area contributed by atoms with Gasteiger partial charge < -0.3 is 15.2 Å². The summed E-state index contributed by atoms with van der Waals surface area (Å²) in [4.78, 5) is 22.3. The summed E-state index contributed by atoms with van der Waals surface area (Å²) in [5.41, 5.74) is 2.21. The van der Waals surface area contributed by atoms with Crippen LogP contribution >= 0.6 is 11.3 Å². The molecule has 1 fully saturated rings. The van der Waals surface area contributed by atoms with Crippen LogP contribution in [0.2, 0.25) is 0 Å². The first-order valence-corrected chi connectivity index (χ1v) is 12.6. The smallest absolute Gasteiger partial charge is 0.270 e. The van der Waals surface area contributed by atoms with Crippen LogP contribution < -0.4 is 5.32 Å². The molecule has 0 saturated carbocycles. The molecule has 2 aromatic rings. The third kappa shape index (κ3) is 4.76. The van der Waals surface area contributed by atoms with E-state index >= 15 is 0 Å². The molecule has 2 N–H and O–H groups in total. The number of nitrogens with zero attached hydrogens (tertiary/aromatic N) is 2. The van der Waals surface area contributed by atoms with Crippen LogP contribution in [-0.4, -0.2) is 52.7 Å². The van der Waals surface area contributed by atoms with Crippen molar-refractivity contribution in [2.75, 3.05) is 26.3 Å². The van der Waals surface area contributed by atoms with Crippen molar-refractivity contribution in [3.05, 3.63) is 51.0 Å². The molecule has 6 nitrogen and oxygen atoms in total. The first-order chi connectivity index (χ1) is 15.4. The molecule has 32 heavy (non-hydrogen) atoms. The second-order valence-corrected chi connectivity index (χ2v) is 10.6. The number of carbonyl (C=O) groups excluding carboxylic acids is 1. The number of amides is 1. The van der Waals surface area contributed by atoms with Crippen LogP contribution in [0.15, 0.2) is 24.4 Å². The molecule has 0 aliphatic carbocycles. The molecule has 1 saturated heterocycles. The predicted octanol–water partition coefficient (Wildman–Crippen LogP) is 3.66. The molecule has 0 bridgehead atoms. The number of hydrogen-bond acceptors (Lipinski definition) is 6. The Kier molecular flexibility index (Phi) is 7.00. The molecule has 0 aromatic carbocycles. The number of piperidine rings is 1. The van der Waals surface area contributed by atoms with Gasteiger partial charge in [-0.1, -0.05) is 19.9 Å². The number of likely N-dealkylation sites (tertiary alicyclic amines) is 1. The second kappa shape index (κ2) is 9.59. The molecular formula is C25H35N3O3S. The van der Waals surface area contributed by atoms with Gasteiger partial charge in [0.1, 0.15) is 5.69 Å². The summed E-state index contributed by atoms with van der Waals surface area (Å²) in [6, 6.07) is 6.15. The van der Waals surface area contributed by atoms with Gasteiger partial charge in [-0.25, -0.2) is 0 Å². The lowest BCUT2D eigenvalue weighted by atomic mass is 9.82. The predicted molar refractivity (Wildman–Crippen MR) is 127 cm³/mol. The molecule has 2 aromatic heterocycles. The zero-order chi connectivity index (χ0) is 22.8. The topological polar surface area (TPSA) is 74.7 Å². The quantitative estimate of drug-likeness (QED) is 0.664. The number of fused-ring (bicyclic) bond motifs is 2. The maximum Gasteiger partial charge on any atom is 0.270 e. The second-order valence-electron chi connectivity index (χ2n) is 9.35. The third-order valence-electron chi connectivity index (χ3n) is 7.08. The number of aliphatic hydroxyl groups is 1. The summed E-state index contributed by atoms with van der Waals surface area (Å²) in [5.74, 6) is -0.248. The summed E-state index contributed by atoms with van der Waals surface area (Å²) in [6.07, 6.45) is 6.63. The van der Waals surface area contributed by atoms with Crippen molar-refractivity contribution in [3.8, 4) is 0 Å². The first-order valence-electron chi connectivity index (χ1n) is 11.8. The fourth-order valence-corrected chi connectivity index (χ4v) is 5.80. The maximum absolute atomic E-state index is 12.5. The highest BCUT2D eigenvalue weighted by atomic mass is 32.1. The van der Waals surface area contributed by atoms with Crippen molar-refractivity contribution in [2.24, 2.45) is 0 Å². The monoisotopic (exact) mass is 457 g/mol. The van der Waals surface area contributed by atoms with Crippen LogP contribution in [0.1, 0.15) is 71.4 Å². The van der Waals surface area contributed by atoms with E-state index in [1.165, 1.54) is 15.3 Å². The number of hydrogen-bond donors (Lipinski definition) is 2. The van der Waals surface area contributed by atoms with Gasteiger partial charge in [-0.3, -0.25) is 14.7 Å². The molecule has 7 heteroatoms. The van der Waals surface area contributed by atoms with Crippen molar-refractivity contribution in [1.82, 2.24) is 15.2 Å². The number of aliphatic hydroxyl groups excluding tert-OH is 1. The molecule has 1 spiro atoms. The molecule has 4 heterocycles. The molecule has 2 aliphatic heterocycles. The van der Waals surface area contributed by atoms with E-state index in [9.17, 15) is 9.90 Å². The minimum atomic E-state index is -0.622. The Morgan fingerprint density at radius 2 is 2.12 bits per heavy atom. The summed E-state index contributed by atoms with van der Waals surface area (Å²) in [5, 5.41) is 12.4. The Balaban J connectivity index is 1.35. The fourth-order valence-electron chi connectivity index (χ4n) is 4.62. The van der Waals surface area contributed by atoms with Gasteiger partial charge in [-0.15, -0.1) is 11.3 Å². The number of rotatable bonds is 7. The van der Waals surface area contributed by atoms with Gasteiger partial charge in [0.2, 0.25) is 0 Å². The zero-order valence-electron chi connectivity index (χ0n) is 19.4. The fraction of sp³-hybridized carbons (Fsp3) is 0.600. The van der Waals surface area contributed by atoms with Crippen LogP contribution in [0.4, 0.5) is 0 Å². The van der Waals surface area contributed by atoms with E-state index in [-0.39, 0.29) is 18.1 Å². The number of carbonyl (C=O) groups is 1. The standard InChI is InChI=1S/C25H35N3O3S/c1-4-19-14-20-22(32-19)8-13-31-25(20)9-11-28(12-10-25)16-18-6-7-21(26-15-18)23(30)27-24(3,5-2)17-29/h6-7,14-15,29H,4-5,8-13,16-17H2,1-3H3,(H,27,30). The Bertz CT molecular complexity index is 928. The Hall–Kier alpha value is -1.80. The van der Waals surface area contributed by atoms with E-state index in [1.807, 2.05) is 31.3 Å². The largest absolute Gasteiger partial charge is 0.394 e. The van der Waals surface area contributed by atoms with Crippen molar-refractivity contribution in [1.29, 1.82) is 0 Å². The summed E-state index contributed by atoms with van der Waals surface area (Å²) in [7, 11) is 0. The van der Waals surface area contributed by atoms with Crippen LogP contribution in [0.3, 0.4) is 0 Å². The number of aryl methyl sites for hydroxylation is 1. The highest BCUT2D eigenvalue weighted by molar-refractivity contribution is 7.12. The lowest BCUT2D eigenvalue weighted by molar-refractivity contribution is -0.0981. The van der Waals surface area contributed by atoms with Gasteiger partial charge in [-0.05, 0) is 55.9 Å². The first kappa shape index (κ1) is 23.4. The van der Waals surface area contributed by atoms with E-state index in [0.29, 0.717) is 12.1 Å². The molecule has 1 atom stereocenters. The van der Waals surface area contributed by atoms with Gasteiger partial charge in [0.15, 0.2) is 0 Å². The van der Waals surface area contributed by atoms with E-state index in [1.54, 1.807) is 12.3 Å². The average Bonchev–Trinajstić information content (AvgIpc) is 3.26. The molecule has 1 amide bonds. The van der Waals surface area contributed by atoms with Crippen LogP contribution in [-0.2, 0) is 29.7 Å². The Morgan fingerprint density at radius 3 is 2.75 bits per heavy atom. The van der Waals surface area contributed by atoms with Crippen LogP contribution in [0.5, 0.6) is 0 Å². The van der Waals surface area contributed by atoms with E-state index < -0.39 is 5.54 Å². The molecule has 2 aliphatic rings. The van der Waals surface area contributed by atoms with Crippen molar-refractivity contribution in [2.45, 2.75) is 70.6 Å². The molecular weight excluding hydrogens is 422 g/mol. The van der Waals surface area contributed by atoms with Gasteiger partial charge in [0, 0.05) is 42.0 Å². The highest BCUT2D eigenvalue weighted by Crippen LogP contribution is 2.44. The Morgan fingerprint density at radius 1 is 1.34 bits per heavy atom. The molecule has 4 rings (SSSR count). The summed E-state index contributed by atoms with van der Waals surface area (Å²) < 4.78 is 6.39. The number of thiophene rings is 1. The minimum Gasteiger partial charge on any atom is -0.394 e. The average molecular weight is 458 g/mol. The van der Waals surface area contributed by atoms with Gasteiger partial charge in [0.05, 0.1) is 24.4 Å². The van der Waals surface area contributed by atoms with Crippen LogP contribution in [0.25, 0.3) is 0 Å². The number of nitrogens with one attached hydrogen (secondary N) is 1. The van der Waals surface area contributed by atoms with Gasteiger partial charge >= 0.3 is 0 Å². The maximum atomic E-state index is 12.5. The number of pyridine rings is 1. The van der Waals surface area contributed by atoms with Crippen LogP contribution in [0, 0.1) is 0 Å².